The Morgan fingerprint density at radius 3 is 2.66 bits per heavy atom. The number of carbonyl (C=O) groups is 1. The number of hydrogen-bond donors (Lipinski definition) is 2. The number of carbonyl (C=O) groups excluding carboxylic acids is 1. The molecule has 2 unspecified atom stereocenters. The van der Waals surface area contributed by atoms with E-state index in [-0.39, 0.29) is 18.0 Å². The van der Waals surface area contributed by atoms with Crippen LogP contribution in [0.15, 0.2) is 48.5 Å². The first-order valence-corrected chi connectivity index (χ1v) is 11.6. The van der Waals surface area contributed by atoms with Crippen molar-refractivity contribution < 1.29 is 14.3 Å². The fourth-order valence-electron chi connectivity index (χ4n) is 4.36. The van der Waals surface area contributed by atoms with Gasteiger partial charge in [0.25, 0.3) is 0 Å². The van der Waals surface area contributed by atoms with E-state index in [9.17, 15) is 4.79 Å². The Morgan fingerprint density at radius 1 is 1.06 bits per heavy atom. The molecule has 0 radical (unpaired) electrons. The molecule has 1 amide bonds. The SMILES string of the molecule is CCCCOc1ccccc1C1CC(C(=O)N2CCN(c3cccc(OC)c3)CC2)NN1. The number of nitrogens with one attached hydrogen (secondary N) is 2. The number of para-hydroxylation sites is 1. The molecule has 2 atom stereocenters. The summed E-state index contributed by atoms with van der Waals surface area (Å²) in [6.45, 7) is 5.94. The lowest BCUT2D eigenvalue weighted by molar-refractivity contribution is -0.133. The van der Waals surface area contributed by atoms with Gasteiger partial charge in [0.1, 0.15) is 17.5 Å². The second-order valence-corrected chi connectivity index (χ2v) is 8.38. The number of methoxy groups -OCH3 is 1. The molecular weight excluding hydrogens is 404 g/mol. The molecule has 4 rings (SSSR count). The molecule has 32 heavy (non-hydrogen) atoms. The van der Waals surface area contributed by atoms with E-state index in [1.54, 1.807) is 7.11 Å². The molecule has 0 spiro atoms. The Bertz CT molecular complexity index is 898. The van der Waals surface area contributed by atoms with Crippen molar-refractivity contribution >= 4 is 11.6 Å². The highest BCUT2D eigenvalue weighted by Crippen LogP contribution is 2.31. The maximum absolute atomic E-state index is 13.2. The highest BCUT2D eigenvalue weighted by atomic mass is 16.5. The standard InChI is InChI=1S/C25H34N4O3/c1-3-4-16-32-24-11-6-5-10-21(24)22-18-23(27-26-22)25(30)29-14-12-28(13-15-29)19-8-7-9-20(17-19)31-2/h5-11,17,22-23,26-27H,3-4,12-16,18H2,1-2H3. The van der Waals surface area contributed by atoms with Crippen molar-refractivity contribution in [3.8, 4) is 11.5 Å². The van der Waals surface area contributed by atoms with Crippen molar-refractivity contribution in [1.29, 1.82) is 0 Å². The van der Waals surface area contributed by atoms with E-state index in [0.29, 0.717) is 13.0 Å². The third-order valence-electron chi connectivity index (χ3n) is 6.26. The number of benzene rings is 2. The van der Waals surface area contributed by atoms with Crippen LogP contribution in [0.1, 0.15) is 37.8 Å². The van der Waals surface area contributed by atoms with Gasteiger partial charge in [-0.2, -0.15) is 0 Å². The zero-order valence-electron chi connectivity index (χ0n) is 19.0. The van der Waals surface area contributed by atoms with Crippen molar-refractivity contribution in [2.75, 3.05) is 44.8 Å². The molecule has 2 fully saturated rings. The predicted molar refractivity (Wildman–Crippen MR) is 126 cm³/mol. The Morgan fingerprint density at radius 2 is 1.88 bits per heavy atom. The van der Waals surface area contributed by atoms with Crippen molar-refractivity contribution in [1.82, 2.24) is 15.8 Å². The van der Waals surface area contributed by atoms with Crippen LogP contribution in [0, 0.1) is 0 Å². The number of ether oxygens (including phenoxy) is 2. The van der Waals surface area contributed by atoms with Crippen LogP contribution < -0.4 is 25.2 Å². The lowest BCUT2D eigenvalue weighted by Crippen LogP contribution is -2.53. The Labute approximate surface area is 190 Å². The molecule has 7 nitrogen and oxygen atoms in total. The van der Waals surface area contributed by atoms with Gasteiger partial charge in [-0.1, -0.05) is 37.6 Å². The largest absolute Gasteiger partial charge is 0.497 e. The molecule has 0 aliphatic carbocycles. The van der Waals surface area contributed by atoms with Crippen LogP contribution in [0.25, 0.3) is 0 Å². The van der Waals surface area contributed by atoms with Gasteiger partial charge in [-0.3, -0.25) is 4.79 Å². The zero-order valence-corrected chi connectivity index (χ0v) is 19.0. The van der Waals surface area contributed by atoms with Crippen LogP contribution in [-0.4, -0.2) is 56.7 Å². The van der Waals surface area contributed by atoms with Crippen LogP contribution in [-0.2, 0) is 4.79 Å². The molecule has 0 saturated carbocycles. The van der Waals surface area contributed by atoms with E-state index in [4.69, 9.17) is 9.47 Å². The van der Waals surface area contributed by atoms with Crippen molar-refractivity contribution in [2.24, 2.45) is 0 Å². The Kier molecular flexibility index (Phi) is 7.50. The van der Waals surface area contributed by atoms with Gasteiger partial charge >= 0.3 is 0 Å². The molecule has 2 saturated heterocycles. The average Bonchev–Trinajstić information content (AvgIpc) is 3.34. The summed E-state index contributed by atoms with van der Waals surface area (Å²) in [6, 6.07) is 16.0. The maximum Gasteiger partial charge on any atom is 0.241 e. The van der Waals surface area contributed by atoms with E-state index in [1.807, 2.05) is 41.3 Å². The number of nitrogens with zero attached hydrogens (tertiary/aromatic N) is 2. The number of hydrazine groups is 1. The minimum absolute atomic E-state index is 0.0554. The highest BCUT2D eigenvalue weighted by molar-refractivity contribution is 5.82. The molecule has 0 aromatic heterocycles. The molecule has 2 aromatic rings. The van der Waals surface area contributed by atoms with E-state index >= 15 is 0 Å². The van der Waals surface area contributed by atoms with Crippen LogP contribution >= 0.6 is 0 Å². The number of amides is 1. The smallest absolute Gasteiger partial charge is 0.241 e. The lowest BCUT2D eigenvalue weighted by Gasteiger charge is -2.37. The minimum atomic E-state index is -0.230. The molecule has 2 aromatic carbocycles. The lowest BCUT2D eigenvalue weighted by atomic mass is 10.0. The summed E-state index contributed by atoms with van der Waals surface area (Å²) in [5.74, 6) is 1.92. The van der Waals surface area contributed by atoms with Crippen molar-refractivity contribution in [2.45, 2.75) is 38.3 Å². The Balaban J connectivity index is 1.32. The predicted octanol–water partition coefficient (Wildman–Crippen LogP) is 3.13. The fourth-order valence-corrected chi connectivity index (χ4v) is 4.36. The number of hydrogen-bond acceptors (Lipinski definition) is 6. The molecule has 0 bridgehead atoms. The van der Waals surface area contributed by atoms with Gasteiger partial charge in [-0.25, -0.2) is 10.9 Å². The normalized spacial score (nSPS) is 20.9. The van der Waals surface area contributed by atoms with Gasteiger partial charge in [0.05, 0.1) is 19.8 Å². The van der Waals surface area contributed by atoms with E-state index < -0.39 is 0 Å². The third kappa shape index (κ3) is 5.16. The summed E-state index contributed by atoms with van der Waals surface area (Å²) in [4.78, 5) is 17.4. The second-order valence-electron chi connectivity index (χ2n) is 8.38. The number of unbranched alkanes of at least 4 members (excludes halogenated alkanes) is 1. The number of rotatable bonds is 8. The van der Waals surface area contributed by atoms with Crippen LogP contribution in [0.3, 0.4) is 0 Å². The zero-order chi connectivity index (χ0) is 22.3. The van der Waals surface area contributed by atoms with Gasteiger partial charge in [-0.15, -0.1) is 0 Å². The quantitative estimate of drug-likeness (QED) is 0.618. The van der Waals surface area contributed by atoms with Crippen LogP contribution in [0.2, 0.25) is 0 Å². The van der Waals surface area contributed by atoms with Crippen LogP contribution in [0.4, 0.5) is 5.69 Å². The van der Waals surface area contributed by atoms with E-state index in [2.05, 4.69) is 34.8 Å². The topological polar surface area (TPSA) is 66.1 Å². The molecular formula is C25H34N4O3. The number of anilines is 1. The maximum atomic E-state index is 13.2. The first-order chi connectivity index (χ1) is 15.7. The molecule has 2 aliphatic rings. The van der Waals surface area contributed by atoms with E-state index in [0.717, 1.165) is 61.8 Å². The van der Waals surface area contributed by atoms with Gasteiger partial charge in [-0.05, 0) is 31.0 Å². The van der Waals surface area contributed by atoms with Gasteiger partial charge in [0.2, 0.25) is 5.91 Å². The summed E-state index contributed by atoms with van der Waals surface area (Å²) in [5, 5.41) is 0. The summed E-state index contributed by atoms with van der Waals surface area (Å²) in [5.41, 5.74) is 8.79. The van der Waals surface area contributed by atoms with Crippen LogP contribution in [0.5, 0.6) is 11.5 Å². The molecule has 2 N–H and O–H groups in total. The first kappa shape index (κ1) is 22.4. The Hall–Kier alpha value is -2.77. The van der Waals surface area contributed by atoms with Gasteiger partial charge in [0.15, 0.2) is 0 Å². The second kappa shape index (κ2) is 10.7. The summed E-state index contributed by atoms with van der Waals surface area (Å²) in [6.07, 6.45) is 2.85. The number of piperazine rings is 1. The van der Waals surface area contributed by atoms with Crippen molar-refractivity contribution in [3.63, 3.8) is 0 Å². The monoisotopic (exact) mass is 438 g/mol. The summed E-state index contributed by atoms with van der Waals surface area (Å²) in [7, 11) is 1.68. The average molecular weight is 439 g/mol. The summed E-state index contributed by atoms with van der Waals surface area (Å²) < 4.78 is 11.3. The fraction of sp³-hybridized carbons (Fsp3) is 0.480. The summed E-state index contributed by atoms with van der Waals surface area (Å²) >= 11 is 0. The van der Waals surface area contributed by atoms with Gasteiger partial charge in [0, 0.05) is 43.5 Å². The van der Waals surface area contributed by atoms with Crippen molar-refractivity contribution in [3.05, 3.63) is 54.1 Å². The third-order valence-corrected chi connectivity index (χ3v) is 6.26. The van der Waals surface area contributed by atoms with E-state index in [1.165, 1.54) is 0 Å². The molecule has 2 aliphatic heterocycles. The first-order valence-electron chi connectivity index (χ1n) is 11.6. The minimum Gasteiger partial charge on any atom is -0.497 e. The highest BCUT2D eigenvalue weighted by Gasteiger charge is 2.35. The van der Waals surface area contributed by atoms with Gasteiger partial charge < -0.3 is 19.3 Å². The molecule has 172 valence electrons. The molecule has 2 heterocycles. The molecule has 7 heteroatoms.